The molecule has 0 amide bonds. The van der Waals surface area contributed by atoms with E-state index in [1.165, 1.54) is 24.2 Å². The first-order valence-electron chi connectivity index (χ1n) is 3.36. The van der Waals surface area contributed by atoms with Gasteiger partial charge in [-0.3, -0.25) is 0 Å². The summed E-state index contributed by atoms with van der Waals surface area (Å²) in [6.45, 7) is 0. The second-order valence-corrected chi connectivity index (χ2v) is 3.52. The number of nitrogens with zero attached hydrogens (tertiary/aromatic N) is 4. The van der Waals surface area contributed by atoms with Crippen LogP contribution in [0.1, 0.15) is 0 Å². The van der Waals surface area contributed by atoms with E-state index in [0.29, 0.717) is 10.2 Å². The third-order valence-corrected chi connectivity index (χ3v) is 2.18. The minimum atomic E-state index is 0.518. The zero-order valence-corrected chi connectivity index (χ0v) is 7.88. The van der Waals surface area contributed by atoms with Gasteiger partial charge in [-0.25, -0.2) is 9.97 Å². The fraction of sp³-hybridized carbons (Fsp3) is 0. The molecule has 2 aromatic rings. The smallest absolute Gasteiger partial charge is 0.194 e. The first-order chi connectivity index (χ1) is 6.34. The van der Waals surface area contributed by atoms with Crippen molar-refractivity contribution in [1.82, 2.24) is 25.4 Å². The standard InChI is InChI=1S/C6H4ClN5S/c7-4-1-8-6(9-2-4)13-5-3-10-12-11-5/h1-3H,(H,10,11,12). The van der Waals surface area contributed by atoms with Gasteiger partial charge < -0.3 is 0 Å². The van der Waals surface area contributed by atoms with E-state index in [2.05, 4.69) is 25.4 Å². The van der Waals surface area contributed by atoms with Crippen molar-refractivity contribution in [2.24, 2.45) is 0 Å². The molecule has 2 rings (SSSR count). The highest BCUT2D eigenvalue weighted by Gasteiger charge is 2.01. The maximum atomic E-state index is 5.63. The minimum Gasteiger partial charge on any atom is -0.229 e. The van der Waals surface area contributed by atoms with Crippen LogP contribution in [0.4, 0.5) is 0 Å². The Kier molecular flexibility index (Phi) is 2.42. The van der Waals surface area contributed by atoms with Crippen molar-refractivity contribution in [2.75, 3.05) is 0 Å². The van der Waals surface area contributed by atoms with Crippen molar-refractivity contribution in [3.63, 3.8) is 0 Å². The molecule has 0 aliphatic rings. The van der Waals surface area contributed by atoms with E-state index < -0.39 is 0 Å². The number of halogens is 1. The summed E-state index contributed by atoms with van der Waals surface area (Å²) in [7, 11) is 0. The first-order valence-corrected chi connectivity index (χ1v) is 4.55. The van der Waals surface area contributed by atoms with E-state index in [1.807, 2.05) is 0 Å². The molecule has 0 fully saturated rings. The Bertz CT molecular complexity index is 372. The van der Waals surface area contributed by atoms with Gasteiger partial charge in [0.15, 0.2) is 5.16 Å². The molecule has 7 heteroatoms. The second-order valence-electron chi connectivity index (χ2n) is 2.09. The molecule has 0 atom stereocenters. The van der Waals surface area contributed by atoms with Crippen LogP contribution in [0, 0.1) is 0 Å². The van der Waals surface area contributed by atoms with Gasteiger partial charge in [0.1, 0.15) is 5.03 Å². The number of hydrogen-bond acceptors (Lipinski definition) is 5. The van der Waals surface area contributed by atoms with E-state index in [1.54, 1.807) is 6.20 Å². The molecule has 5 nitrogen and oxygen atoms in total. The minimum absolute atomic E-state index is 0.518. The summed E-state index contributed by atoms with van der Waals surface area (Å²) < 4.78 is 0. The Balaban J connectivity index is 2.15. The zero-order chi connectivity index (χ0) is 9.10. The van der Waals surface area contributed by atoms with Crippen molar-refractivity contribution in [2.45, 2.75) is 10.2 Å². The average molecular weight is 214 g/mol. The van der Waals surface area contributed by atoms with Crippen molar-refractivity contribution < 1.29 is 0 Å². The third-order valence-electron chi connectivity index (χ3n) is 1.19. The molecular weight excluding hydrogens is 210 g/mol. The van der Waals surface area contributed by atoms with E-state index in [4.69, 9.17) is 11.6 Å². The monoisotopic (exact) mass is 213 g/mol. The fourth-order valence-corrected chi connectivity index (χ4v) is 1.37. The number of hydrogen-bond donors (Lipinski definition) is 1. The molecule has 0 aliphatic heterocycles. The molecular formula is C6H4ClN5S. The molecule has 0 aliphatic carbocycles. The largest absolute Gasteiger partial charge is 0.229 e. The topological polar surface area (TPSA) is 67.3 Å². The van der Waals surface area contributed by atoms with Crippen LogP contribution in [0.25, 0.3) is 0 Å². The number of aromatic amines is 1. The van der Waals surface area contributed by atoms with Crippen LogP contribution in [0.5, 0.6) is 0 Å². The van der Waals surface area contributed by atoms with E-state index in [-0.39, 0.29) is 0 Å². The third kappa shape index (κ3) is 2.16. The van der Waals surface area contributed by atoms with Crippen LogP contribution in [0.3, 0.4) is 0 Å². The lowest BCUT2D eigenvalue weighted by molar-refractivity contribution is 0.905. The highest BCUT2D eigenvalue weighted by molar-refractivity contribution is 7.99. The summed E-state index contributed by atoms with van der Waals surface area (Å²) in [5, 5.41) is 11.8. The fourth-order valence-electron chi connectivity index (χ4n) is 0.687. The summed E-state index contributed by atoms with van der Waals surface area (Å²) in [6, 6.07) is 0. The van der Waals surface area contributed by atoms with Gasteiger partial charge in [0.05, 0.1) is 23.6 Å². The summed E-state index contributed by atoms with van der Waals surface area (Å²) >= 11 is 6.94. The van der Waals surface area contributed by atoms with Crippen LogP contribution >= 0.6 is 23.4 Å². The van der Waals surface area contributed by atoms with E-state index in [0.717, 1.165) is 5.03 Å². The SMILES string of the molecule is Clc1cnc(Sc2cn[nH]n2)nc1. The number of rotatable bonds is 2. The number of nitrogens with one attached hydrogen (secondary N) is 1. The van der Waals surface area contributed by atoms with Gasteiger partial charge in [-0.2, -0.15) is 10.3 Å². The van der Waals surface area contributed by atoms with Gasteiger partial charge in [-0.1, -0.05) is 11.6 Å². The quantitative estimate of drug-likeness (QED) is 0.764. The van der Waals surface area contributed by atoms with Crippen molar-refractivity contribution >= 4 is 23.4 Å². The highest BCUT2D eigenvalue weighted by Crippen LogP contribution is 2.20. The number of aromatic nitrogens is 5. The Labute approximate surface area is 82.9 Å². The molecule has 2 aromatic heterocycles. The lowest BCUT2D eigenvalue weighted by Crippen LogP contribution is -1.84. The molecule has 0 saturated carbocycles. The predicted molar refractivity (Wildman–Crippen MR) is 47.5 cm³/mol. The van der Waals surface area contributed by atoms with Gasteiger partial charge in [0, 0.05) is 0 Å². The Morgan fingerprint density at radius 3 is 2.62 bits per heavy atom. The molecule has 0 aromatic carbocycles. The van der Waals surface area contributed by atoms with E-state index >= 15 is 0 Å². The predicted octanol–water partition coefficient (Wildman–Crippen LogP) is 1.40. The first kappa shape index (κ1) is 8.46. The molecule has 0 spiro atoms. The van der Waals surface area contributed by atoms with Crippen molar-refractivity contribution in [1.29, 1.82) is 0 Å². The molecule has 0 radical (unpaired) electrons. The number of H-pyrrole nitrogens is 1. The van der Waals surface area contributed by atoms with Crippen LogP contribution < -0.4 is 0 Å². The molecule has 0 bridgehead atoms. The lowest BCUT2D eigenvalue weighted by Gasteiger charge is -1.93. The molecule has 0 saturated heterocycles. The van der Waals surface area contributed by atoms with Crippen molar-refractivity contribution in [3.8, 4) is 0 Å². The molecule has 66 valence electrons. The summed E-state index contributed by atoms with van der Waals surface area (Å²) in [6.07, 6.45) is 4.68. The van der Waals surface area contributed by atoms with Gasteiger partial charge >= 0.3 is 0 Å². The van der Waals surface area contributed by atoms with Crippen LogP contribution in [0.15, 0.2) is 28.8 Å². The molecule has 13 heavy (non-hydrogen) atoms. The Hall–Kier alpha value is -1.14. The summed E-state index contributed by atoms with van der Waals surface area (Å²) in [4.78, 5) is 7.98. The summed E-state index contributed by atoms with van der Waals surface area (Å²) in [5.41, 5.74) is 0. The molecule has 1 N–H and O–H groups in total. The zero-order valence-electron chi connectivity index (χ0n) is 6.31. The normalized spacial score (nSPS) is 10.2. The highest BCUT2D eigenvalue weighted by atomic mass is 35.5. The maximum Gasteiger partial charge on any atom is 0.194 e. The Morgan fingerprint density at radius 2 is 2.00 bits per heavy atom. The van der Waals surface area contributed by atoms with Crippen molar-refractivity contribution in [3.05, 3.63) is 23.6 Å². The maximum absolute atomic E-state index is 5.63. The summed E-state index contributed by atoms with van der Waals surface area (Å²) in [5.74, 6) is 0. The van der Waals surface area contributed by atoms with Gasteiger partial charge in [0.25, 0.3) is 0 Å². The van der Waals surface area contributed by atoms with Gasteiger partial charge in [0.2, 0.25) is 0 Å². The Morgan fingerprint density at radius 1 is 1.23 bits per heavy atom. The van der Waals surface area contributed by atoms with E-state index in [9.17, 15) is 0 Å². The van der Waals surface area contributed by atoms with Gasteiger partial charge in [-0.15, -0.1) is 5.10 Å². The lowest BCUT2D eigenvalue weighted by atomic mass is 10.7. The van der Waals surface area contributed by atoms with Crippen LogP contribution in [0.2, 0.25) is 5.02 Å². The second kappa shape index (κ2) is 3.71. The molecule has 2 heterocycles. The van der Waals surface area contributed by atoms with Crippen LogP contribution in [-0.2, 0) is 0 Å². The average Bonchev–Trinajstić information content (AvgIpc) is 2.62. The van der Waals surface area contributed by atoms with Crippen LogP contribution in [-0.4, -0.2) is 25.4 Å². The van der Waals surface area contributed by atoms with Gasteiger partial charge in [-0.05, 0) is 11.8 Å². The molecule has 0 unspecified atom stereocenters.